The van der Waals surface area contributed by atoms with Gasteiger partial charge in [0.05, 0.1) is 21.3 Å². The van der Waals surface area contributed by atoms with E-state index in [1.807, 2.05) is 6.20 Å². The number of aromatic nitrogens is 1. The molecule has 0 spiro atoms. The van der Waals surface area contributed by atoms with Crippen molar-refractivity contribution in [3.63, 3.8) is 0 Å². The van der Waals surface area contributed by atoms with Crippen molar-refractivity contribution in [3.8, 4) is 0 Å². The molecule has 1 fully saturated rings. The van der Waals surface area contributed by atoms with Crippen LogP contribution in [0.3, 0.4) is 0 Å². The molecule has 23 heavy (non-hydrogen) atoms. The summed E-state index contributed by atoms with van der Waals surface area (Å²) in [6.07, 6.45) is 5.28. The number of fused-ring (bicyclic) bond motifs is 1. The standard InChI is InChI=1S/C16H20N4OS2/c17-4-3-11-14(9-1-2-9)15-16(23-11)10(7-12(21)20-15)19-8-13-18-5-6-22-13/h5-7,9,13,18H,1-4,8,17H2,(H2,19,20,21). The van der Waals surface area contributed by atoms with Crippen molar-refractivity contribution in [2.45, 2.75) is 30.6 Å². The predicted octanol–water partition coefficient (Wildman–Crippen LogP) is 2.51. The normalized spacial score (nSPS) is 20.1. The topological polar surface area (TPSA) is 82.9 Å². The van der Waals surface area contributed by atoms with Crippen LogP contribution in [0.4, 0.5) is 5.69 Å². The Hall–Kier alpha value is -1.44. The molecule has 1 unspecified atom stereocenters. The fourth-order valence-corrected chi connectivity index (χ4v) is 5.07. The third-order valence-electron chi connectivity index (χ3n) is 4.22. The smallest absolute Gasteiger partial charge is 0.250 e. The maximum atomic E-state index is 12.1. The van der Waals surface area contributed by atoms with Crippen molar-refractivity contribution in [1.82, 2.24) is 10.3 Å². The number of hydrogen-bond donors (Lipinski definition) is 4. The molecular formula is C16H20N4OS2. The summed E-state index contributed by atoms with van der Waals surface area (Å²) >= 11 is 3.53. The lowest BCUT2D eigenvalue weighted by atomic mass is 10.1. The molecule has 3 heterocycles. The molecule has 2 aromatic rings. The SMILES string of the molecule is NCCc1sc2c(NCC3NC=CS3)cc(=O)[nH]c2c1C1CC1. The van der Waals surface area contributed by atoms with E-state index in [0.29, 0.717) is 17.8 Å². The van der Waals surface area contributed by atoms with Crippen LogP contribution in [0.2, 0.25) is 0 Å². The fourth-order valence-electron chi connectivity index (χ4n) is 3.04. The van der Waals surface area contributed by atoms with Crippen molar-refractivity contribution < 1.29 is 0 Å². The summed E-state index contributed by atoms with van der Waals surface area (Å²) in [7, 11) is 0. The highest BCUT2D eigenvalue weighted by atomic mass is 32.2. The predicted molar refractivity (Wildman–Crippen MR) is 99.3 cm³/mol. The molecule has 4 rings (SSSR count). The number of hydrogen-bond acceptors (Lipinski definition) is 6. The maximum Gasteiger partial charge on any atom is 0.250 e. The molecule has 2 aromatic heterocycles. The average molecular weight is 348 g/mol. The lowest BCUT2D eigenvalue weighted by molar-refractivity contribution is 0.826. The number of H-pyrrole nitrogens is 1. The molecule has 0 saturated heterocycles. The van der Waals surface area contributed by atoms with Gasteiger partial charge in [0.2, 0.25) is 0 Å². The third-order valence-corrected chi connectivity index (χ3v) is 6.44. The minimum atomic E-state index is -0.0378. The van der Waals surface area contributed by atoms with Crippen molar-refractivity contribution in [1.29, 1.82) is 0 Å². The van der Waals surface area contributed by atoms with Gasteiger partial charge in [0.15, 0.2) is 0 Å². The molecule has 0 aromatic carbocycles. The van der Waals surface area contributed by atoms with Gasteiger partial charge in [-0.15, -0.1) is 23.1 Å². The van der Waals surface area contributed by atoms with E-state index >= 15 is 0 Å². The Labute approximate surface area is 142 Å². The Morgan fingerprint density at radius 3 is 2.96 bits per heavy atom. The zero-order chi connectivity index (χ0) is 15.8. The van der Waals surface area contributed by atoms with Crippen molar-refractivity contribution in [3.05, 3.63) is 38.5 Å². The van der Waals surface area contributed by atoms with E-state index in [9.17, 15) is 4.79 Å². The number of anilines is 1. The Morgan fingerprint density at radius 2 is 2.26 bits per heavy atom. The van der Waals surface area contributed by atoms with Crippen LogP contribution in [0, 0.1) is 0 Å². The van der Waals surface area contributed by atoms with Crippen LogP contribution in [-0.4, -0.2) is 23.4 Å². The Kier molecular flexibility index (Phi) is 4.09. The number of pyridine rings is 1. The second-order valence-electron chi connectivity index (χ2n) is 5.98. The van der Waals surface area contributed by atoms with Gasteiger partial charge < -0.3 is 21.4 Å². The van der Waals surface area contributed by atoms with Crippen LogP contribution < -0.4 is 21.9 Å². The molecule has 5 nitrogen and oxygen atoms in total. The van der Waals surface area contributed by atoms with Gasteiger partial charge in [0.25, 0.3) is 5.56 Å². The summed E-state index contributed by atoms with van der Waals surface area (Å²) in [5, 5.41) is 9.09. The van der Waals surface area contributed by atoms with E-state index in [1.165, 1.54) is 23.3 Å². The number of thioether (sulfide) groups is 1. The van der Waals surface area contributed by atoms with Crippen LogP contribution in [0.1, 0.15) is 29.2 Å². The lowest BCUT2D eigenvalue weighted by Crippen LogP contribution is -2.25. The number of thiophene rings is 1. The van der Waals surface area contributed by atoms with Crippen molar-refractivity contribution in [2.24, 2.45) is 5.73 Å². The van der Waals surface area contributed by atoms with E-state index in [4.69, 9.17) is 5.73 Å². The summed E-state index contributed by atoms with van der Waals surface area (Å²) in [5.41, 5.74) is 9.05. The molecule has 0 radical (unpaired) electrons. The fraction of sp³-hybridized carbons (Fsp3) is 0.438. The molecule has 1 aliphatic carbocycles. The zero-order valence-electron chi connectivity index (χ0n) is 12.7. The van der Waals surface area contributed by atoms with Crippen LogP contribution in [0.25, 0.3) is 10.2 Å². The van der Waals surface area contributed by atoms with Crippen LogP contribution >= 0.6 is 23.1 Å². The molecule has 1 atom stereocenters. The highest BCUT2D eigenvalue weighted by Crippen LogP contribution is 2.48. The minimum absolute atomic E-state index is 0.0378. The molecule has 122 valence electrons. The molecule has 2 aliphatic rings. The molecule has 7 heteroatoms. The van der Waals surface area contributed by atoms with E-state index in [2.05, 4.69) is 21.0 Å². The Bertz CT molecular complexity index is 798. The molecule has 5 N–H and O–H groups in total. The number of rotatable bonds is 6. The summed E-state index contributed by atoms with van der Waals surface area (Å²) in [4.78, 5) is 16.5. The zero-order valence-corrected chi connectivity index (χ0v) is 14.4. The Balaban J connectivity index is 1.71. The highest BCUT2D eigenvalue weighted by Gasteiger charge is 2.30. The molecule has 0 bridgehead atoms. The first-order chi connectivity index (χ1) is 11.3. The summed E-state index contributed by atoms with van der Waals surface area (Å²) in [6.45, 7) is 1.42. The monoisotopic (exact) mass is 348 g/mol. The van der Waals surface area contributed by atoms with E-state index < -0.39 is 0 Å². The molecular weight excluding hydrogens is 328 g/mol. The molecule has 1 aliphatic heterocycles. The molecule has 1 saturated carbocycles. The van der Waals surface area contributed by atoms with E-state index in [1.54, 1.807) is 29.2 Å². The summed E-state index contributed by atoms with van der Waals surface area (Å²) in [5.74, 6) is 0.604. The highest BCUT2D eigenvalue weighted by molar-refractivity contribution is 8.02. The molecule has 0 amide bonds. The van der Waals surface area contributed by atoms with Gasteiger partial charge in [-0.3, -0.25) is 4.79 Å². The van der Waals surface area contributed by atoms with Crippen molar-refractivity contribution >= 4 is 39.0 Å². The quantitative estimate of drug-likeness (QED) is 0.645. The lowest BCUT2D eigenvalue weighted by Gasteiger charge is -2.13. The van der Waals surface area contributed by atoms with Crippen LogP contribution in [-0.2, 0) is 6.42 Å². The van der Waals surface area contributed by atoms with E-state index in [0.717, 1.165) is 28.9 Å². The first-order valence-corrected chi connectivity index (χ1v) is 9.71. The number of nitrogens with one attached hydrogen (secondary N) is 3. The van der Waals surface area contributed by atoms with Gasteiger partial charge in [-0.1, -0.05) is 0 Å². The maximum absolute atomic E-state index is 12.1. The number of nitrogens with two attached hydrogens (primary N) is 1. The first-order valence-electron chi connectivity index (χ1n) is 7.95. The van der Waals surface area contributed by atoms with Gasteiger partial charge >= 0.3 is 0 Å². The average Bonchev–Trinajstić information content (AvgIpc) is 3.09. The second kappa shape index (κ2) is 6.22. The van der Waals surface area contributed by atoms with Gasteiger partial charge in [0, 0.05) is 23.7 Å². The summed E-state index contributed by atoms with van der Waals surface area (Å²) < 4.78 is 1.16. The largest absolute Gasteiger partial charge is 0.381 e. The van der Waals surface area contributed by atoms with Gasteiger partial charge in [-0.2, -0.15) is 0 Å². The van der Waals surface area contributed by atoms with Crippen LogP contribution in [0.15, 0.2) is 22.5 Å². The van der Waals surface area contributed by atoms with Crippen LogP contribution in [0.5, 0.6) is 0 Å². The minimum Gasteiger partial charge on any atom is -0.381 e. The Morgan fingerprint density at radius 1 is 1.39 bits per heavy atom. The van der Waals surface area contributed by atoms with E-state index in [-0.39, 0.29) is 5.56 Å². The second-order valence-corrected chi connectivity index (χ2v) is 8.20. The van der Waals surface area contributed by atoms with Gasteiger partial charge in [-0.05, 0) is 42.7 Å². The summed E-state index contributed by atoms with van der Waals surface area (Å²) in [6, 6.07) is 1.68. The number of aromatic amines is 1. The van der Waals surface area contributed by atoms with Crippen molar-refractivity contribution in [2.75, 3.05) is 18.4 Å². The third kappa shape index (κ3) is 3.00. The first kappa shape index (κ1) is 15.1. The van der Waals surface area contributed by atoms with Gasteiger partial charge in [-0.25, -0.2) is 0 Å². The van der Waals surface area contributed by atoms with Gasteiger partial charge in [0.1, 0.15) is 0 Å².